The van der Waals surface area contributed by atoms with Gasteiger partial charge in [0, 0.05) is 11.3 Å². The lowest BCUT2D eigenvalue weighted by atomic mass is 10.1. The number of fused-ring (bicyclic) bond motifs is 1. The van der Waals surface area contributed by atoms with Crippen LogP contribution in [0.1, 0.15) is 21.5 Å². The smallest absolute Gasteiger partial charge is 0.265 e. The summed E-state index contributed by atoms with van der Waals surface area (Å²) in [5.74, 6) is -0.260. The van der Waals surface area contributed by atoms with E-state index < -0.39 is 15.9 Å². The highest BCUT2D eigenvalue weighted by atomic mass is 32.2. The SMILES string of the molecule is COc1ccc(NC(=O)c2ccc3ncoc3c2)cc1S(=O)(=O)Nc1c(C)cccc1C. The Morgan fingerprint density at radius 3 is 2.50 bits per heavy atom. The molecule has 0 radical (unpaired) electrons. The molecular formula is C23H21N3O5S. The van der Waals surface area contributed by atoms with Gasteiger partial charge in [0.05, 0.1) is 12.8 Å². The molecule has 0 aliphatic carbocycles. The molecule has 0 saturated carbocycles. The summed E-state index contributed by atoms with van der Waals surface area (Å²) in [6.07, 6.45) is 1.30. The van der Waals surface area contributed by atoms with Crippen LogP contribution in [0.2, 0.25) is 0 Å². The van der Waals surface area contributed by atoms with Crippen LogP contribution in [0.3, 0.4) is 0 Å². The number of rotatable bonds is 6. The number of carbonyl (C=O) groups is 1. The molecule has 0 fully saturated rings. The van der Waals surface area contributed by atoms with Crippen molar-refractivity contribution in [1.29, 1.82) is 0 Å². The number of methoxy groups -OCH3 is 1. The second-order valence-corrected chi connectivity index (χ2v) is 8.88. The van der Waals surface area contributed by atoms with Crippen LogP contribution in [0, 0.1) is 13.8 Å². The highest BCUT2D eigenvalue weighted by Gasteiger charge is 2.22. The van der Waals surface area contributed by atoms with Crippen LogP contribution in [0.4, 0.5) is 11.4 Å². The highest BCUT2D eigenvalue weighted by Crippen LogP contribution is 2.31. The topological polar surface area (TPSA) is 111 Å². The molecule has 0 bridgehead atoms. The number of benzene rings is 3. The molecule has 8 nitrogen and oxygen atoms in total. The third-order valence-electron chi connectivity index (χ3n) is 5.02. The minimum atomic E-state index is -3.99. The van der Waals surface area contributed by atoms with Crippen molar-refractivity contribution in [1.82, 2.24) is 4.98 Å². The largest absolute Gasteiger partial charge is 0.495 e. The maximum absolute atomic E-state index is 13.2. The van der Waals surface area contributed by atoms with E-state index in [9.17, 15) is 13.2 Å². The summed E-state index contributed by atoms with van der Waals surface area (Å²) in [6.45, 7) is 3.65. The molecule has 1 amide bonds. The molecule has 0 spiro atoms. The maximum Gasteiger partial charge on any atom is 0.265 e. The zero-order chi connectivity index (χ0) is 22.9. The Morgan fingerprint density at radius 2 is 1.78 bits per heavy atom. The van der Waals surface area contributed by atoms with Gasteiger partial charge in [0.1, 0.15) is 16.2 Å². The molecule has 4 rings (SSSR count). The molecule has 32 heavy (non-hydrogen) atoms. The molecule has 9 heteroatoms. The fourth-order valence-electron chi connectivity index (χ4n) is 3.33. The third kappa shape index (κ3) is 4.15. The van der Waals surface area contributed by atoms with Crippen molar-refractivity contribution in [3.8, 4) is 5.75 Å². The van der Waals surface area contributed by atoms with Crippen molar-refractivity contribution in [2.24, 2.45) is 0 Å². The lowest BCUT2D eigenvalue weighted by Gasteiger charge is -2.16. The number of oxazole rings is 1. The van der Waals surface area contributed by atoms with Gasteiger partial charge in [-0.25, -0.2) is 13.4 Å². The van der Waals surface area contributed by atoms with Gasteiger partial charge in [0.2, 0.25) is 0 Å². The van der Waals surface area contributed by atoms with E-state index in [0.29, 0.717) is 28.0 Å². The molecule has 4 aromatic rings. The third-order valence-corrected chi connectivity index (χ3v) is 6.39. The van der Waals surface area contributed by atoms with Gasteiger partial charge in [-0.05, 0) is 61.4 Å². The van der Waals surface area contributed by atoms with Gasteiger partial charge in [-0.1, -0.05) is 18.2 Å². The molecule has 1 aromatic heterocycles. The number of amides is 1. The summed E-state index contributed by atoms with van der Waals surface area (Å²) >= 11 is 0. The van der Waals surface area contributed by atoms with Crippen LogP contribution < -0.4 is 14.8 Å². The number of aromatic nitrogens is 1. The minimum Gasteiger partial charge on any atom is -0.495 e. The Labute approximate surface area is 185 Å². The van der Waals surface area contributed by atoms with Gasteiger partial charge < -0.3 is 14.5 Å². The summed E-state index contributed by atoms with van der Waals surface area (Å²) in [6, 6.07) is 14.8. The fraction of sp³-hybridized carbons (Fsp3) is 0.130. The molecule has 0 aliphatic rings. The molecule has 0 aliphatic heterocycles. The molecule has 3 aromatic carbocycles. The lowest BCUT2D eigenvalue weighted by Crippen LogP contribution is -2.17. The van der Waals surface area contributed by atoms with E-state index in [1.165, 1.54) is 25.6 Å². The molecule has 2 N–H and O–H groups in total. The van der Waals surface area contributed by atoms with E-state index in [1.807, 2.05) is 32.0 Å². The van der Waals surface area contributed by atoms with Crippen LogP contribution in [0.15, 0.2) is 70.3 Å². The Bertz CT molecular complexity index is 1410. The average Bonchev–Trinajstić information content (AvgIpc) is 3.24. The van der Waals surface area contributed by atoms with E-state index in [2.05, 4.69) is 15.0 Å². The molecular weight excluding hydrogens is 430 g/mol. The average molecular weight is 452 g/mol. The van der Waals surface area contributed by atoms with E-state index in [4.69, 9.17) is 9.15 Å². The Kier molecular flexibility index (Phi) is 5.58. The van der Waals surface area contributed by atoms with Crippen LogP contribution >= 0.6 is 0 Å². The summed E-state index contributed by atoms with van der Waals surface area (Å²) in [5.41, 5.74) is 3.85. The van der Waals surface area contributed by atoms with Crippen molar-refractivity contribution < 1.29 is 22.4 Å². The van der Waals surface area contributed by atoms with Crippen LogP contribution in [0.25, 0.3) is 11.1 Å². The van der Waals surface area contributed by atoms with Crippen LogP contribution in [-0.4, -0.2) is 26.4 Å². The predicted octanol–water partition coefficient (Wildman–Crippen LogP) is 4.51. The number of para-hydroxylation sites is 1. The Hall–Kier alpha value is -3.85. The van der Waals surface area contributed by atoms with Crippen molar-refractivity contribution in [3.05, 3.63) is 77.7 Å². The second kappa shape index (κ2) is 8.35. The van der Waals surface area contributed by atoms with Gasteiger partial charge in [-0.15, -0.1) is 0 Å². The number of ether oxygens (including phenoxy) is 1. The van der Waals surface area contributed by atoms with Gasteiger partial charge in [0.15, 0.2) is 12.0 Å². The first-order valence-corrected chi connectivity index (χ1v) is 11.2. The lowest BCUT2D eigenvalue weighted by molar-refractivity contribution is 0.102. The first-order chi connectivity index (χ1) is 15.3. The highest BCUT2D eigenvalue weighted by molar-refractivity contribution is 7.92. The van der Waals surface area contributed by atoms with Gasteiger partial charge in [0.25, 0.3) is 15.9 Å². The monoisotopic (exact) mass is 451 g/mol. The number of hydrogen-bond acceptors (Lipinski definition) is 6. The van der Waals surface area contributed by atoms with Crippen molar-refractivity contribution in [2.45, 2.75) is 18.7 Å². The van der Waals surface area contributed by atoms with Crippen molar-refractivity contribution in [2.75, 3.05) is 17.1 Å². The van der Waals surface area contributed by atoms with Gasteiger partial charge in [-0.3, -0.25) is 9.52 Å². The Morgan fingerprint density at radius 1 is 1.03 bits per heavy atom. The van der Waals surface area contributed by atoms with E-state index in [1.54, 1.807) is 24.3 Å². The normalized spacial score (nSPS) is 11.3. The van der Waals surface area contributed by atoms with Crippen molar-refractivity contribution >= 4 is 38.4 Å². The molecule has 0 saturated heterocycles. The summed E-state index contributed by atoms with van der Waals surface area (Å²) < 4.78 is 39.5. The number of carbonyl (C=O) groups excluding carboxylic acids is 1. The second-order valence-electron chi connectivity index (χ2n) is 7.23. The molecule has 164 valence electrons. The first kappa shape index (κ1) is 21.4. The first-order valence-electron chi connectivity index (χ1n) is 9.70. The summed E-state index contributed by atoms with van der Waals surface area (Å²) in [4.78, 5) is 16.6. The predicted molar refractivity (Wildman–Crippen MR) is 122 cm³/mol. The standard InChI is InChI=1S/C23H21N3O5S/c1-14-5-4-6-15(2)22(14)26-32(28,29)21-12-17(8-10-19(21)30-3)25-23(27)16-7-9-18-20(11-16)31-13-24-18/h4-13,26H,1-3H3,(H,25,27). The minimum absolute atomic E-state index is 0.0915. The zero-order valence-electron chi connectivity index (χ0n) is 17.7. The number of aryl methyl sites for hydroxylation is 2. The zero-order valence-corrected chi connectivity index (χ0v) is 18.5. The maximum atomic E-state index is 13.2. The summed E-state index contributed by atoms with van der Waals surface area (Å²) in [7, 11) is -2.61. The fourth-order valence-corrected chi connectivity index (χ4v) is 4.73. The Balaban J connectivity index is 1.65. The van der Waals surface area contributed by atoms with Crippen molar-refractivity contribution in [3.63, 3.8) is 0 Å². The number of sulfonamides is 1. The number of nitrogens with zero attached hydrogens (tertiary/aromatic N) is 1. The molecule has 1 heterocycles. The summed E-state index contributed by atoms with van der Waals surface area (Å²) in [5, 5.41) is 2.72. The van der Waals surface area contributed by atoms with E-state index in [-0.39, 0.29) is 10.6 Å². The van der Waals surface area contributed by atoms with Crippen LogP contribution in [-0.2, 0) is 10.0 Å². The molecule has 0 unspecified atom stereocenters. The molecule has 0 atom stereocenters. The quantitative estimate of drug-likeness (QED) is 0.446. The van der Waals surface area contributed by atoms with Crippen LogP contribution in [0.5, 0.6) is 5.75 Å². The van der Waals surface area contributed by atoms with E-state index >= 15 is 0 Å². The number of nitrogens with one attached hydrogen (secondary N) is 2. The number of anilines is 2. The van der Waals surface area contributed by atoms with E-state index in [0.717, 1.165) is 11.1 Å². The number of hydrogen-bond donors (Lipinski definition) is 2. The van der Waals surface area contributed by atoms with Gasteiger partial charge >= 0.3 is 0 Å². The van der Waals surface area contributed by atoms with Gasteiger partial charge in [-0.2, -0.15) is 0 Å².